The number of aryl methyl sites for hydroxylation is 1. The first-order valence-electron chi connectivity index (χ1n) is 4.49. The monoisotopic (exact) mass is 223 g/mol. The molecule has 0 spiro atoms. The Balaban J connectivity index is 2.22. The van der Waals surface area contributed by atoms with Crippen LogP contribution >= 0.6 is 23.1 Å². The van der Waals surface area contributed by atoms with Gasteiger partial charge in [0.1, 0.15) is 5.69 Å². The van der Waals surface area contributed by atoms with Gasteiger partial charge in [0.2, 0.25) is 0 Å². The molecule has 1 aliphatic rings. The van der Waals surface area contributed by atoms with E-state index in [1.54, 1.807) is 23.1 Å². The van der Waals surface area contributed by atoms with Gasteiger partial charge in [-0.2, -0.15) is 0 Å². The lowest BCUT2D eigenvalue weighted by Crippen LogP contribution is -1.99. The standard InChI is InChI=1S/C10H9NOS2/c1-13-10-7-3-2-6-4-5-14-9(6)8(7)11-12-10/h4-5H,2-3H2,1H3. The van der Waals surface area contributed by atoms with E-state index in [4.69, 9.17) is 4.52 Å². The van der Waals surface area contributed by atoms with Crippen LogP contribution in [0.4, 0.5) is 0 Å². The molecule has 0 radical (unpaired) electrons. The number of nitrogens with zero attached hydrogens (tertiary/aromatic N) is 1. The highest BCUT2D eigenvalue weighted by Gasteiger charge is 2.24. The molecule has 0 N–H and O–H groups in total. The van der Waals surface area contributed by atoms with E-state index in [9.17, 15) is 0 Å². The lowest BCUT2D eigenvalue weighted by molar-refractivity contribution is 0.349. The molecule has 1 aliphatic carbocycles. The SMILES string of the molecule is CSc1onc2c1CCc1ccsc1-2. The molecule has 0 atom stereocenters. The Bertz CT molecular complexity index is 472. The average molecular weight is 223 g/mol. The smallest absolute Gasteiger partial charge is 0.196 e. The molecule has 2 aromatic heterocycles. The molecule has 0 saturated heterocycles. The molecule has 4 heteroatoms. The van der Waals surface area contributed by atoms with Gasteiger partial charge in [-0.15, -0.1) is 11.3 Å². The highest BCUT2D eigenvalue weighted by Crippen LogP contribution is 2.40. The second-order valence-electron chi connectivity index (χ2n) is 3.28. The van der Waals surface area contributed by atoms with Gasteiger partial charge in [-0.05, 0) is 36.1 Å². The zero-order valence-corrected chi connectivity index (χ0v) is 9.37. The van der Waals surface area contributed by atoms with E-state index in [0.717, 1.165) is 23.6 Å². The maximum atomic E-state index is 5.31. The molecule has 14 heavy (non-hydrogen) atoms. The van der Waals surface area contributed by atoms with E-state index in [1.165, 1.54) is 16.0 Å². The molecule has 0 aromatic carbocycles. The largest absolute Gasteiger partial charge is 0.349 e. The summed E-state index contributed by atoms with van der Waals surface area (Å²) in [6.45, 7) is 0. The topological polar surface area (TPSA) is 26.0 Å². The van der Waals surface area contributed by atoms with Gasteiger partial charge in [0, 0.05) is 5.56 Å². The molecule has 2 heterocycles. The maximum absolute atomic E-state index is 5.31. The van der Waals surface area contributed by atoms with Crippen LogP contribution in [0.2, 0.25) is 0 Å². The maximum Gasteiger partial charge on any atom is 0.196 e. The minimum absolute atomic E-state index is 0.985. The highest BCUT2D eigenvalue weighted by molar-refractivity contribution is 7.98. The van der Waals surface area contributed by atoms with E-state index >= 15 is 0 Å². The molecule has 2 aromatic rings. The van der Waals surface area contributed by atoms with Crippen molar-refractivity contribution in [2.24, 2.45) is 0 Å². The third-order valence-electron chi connectivity index (χ3n) is 2.54. The fraction of sp³-hybridized carbons (Fsp3) is 0.300. The van der Waals surface area contributed by atoms with Gasteiger partial charge >= 0.3 is 0 Å². The van der Waals surface area contributed by atoms with Crippen LogP contribution in [0.3, 0.4) is 0 Å². The first-order valence-corrected chi connectivity index (χ1v) is 6.60. The van der Waals surface area contributed by atoms with Crippen molar-refractivity contribution in [2.75, 3.05) is 6.26 Å². The molecule has 0 saturated carbocycles. The summed E-state index contributed by atoms with van der Waals surface area (Å²) < 4.78 is 5.31. The van der Waals surface area contributed by atoms with Crippen molar-refractivity contribution in [3.63, 3.8) is 0 Å². The summed E-state index contributed by atoms with van der Waals surface area (Å²) in [7, 11) is 0. The van der Waals surface area contributed by atoms with E-state index in [1.807, 2.05) is 6.26 Å². The van der Waals surface area contributed by atoms with Crippen LogP contribution in [0.5, 0.6) is 0 Å². The van der Waals surface area contributed by atoms with Crippen molar-refractivity contribution >= 4 is 23.1 Å². The van der Waals surface area contributed by atoms with Crippen LogP contribution < -0.4 is 0 Å². The Hall–Kier alpha value is -0.740. The second-order valence-corrected chi connectivity index (χ2v) is 4.97. The lowest BCUT2D eigenvalue weighted by Gasteiger charge is -2.09. The molecule has 0 amide bonds. The zero-order chi connectivity index (χ0) is 9.54. The summed E-state index contributed by atoms with van der Waals surface area (Å²) in [5.74, 6) is 0. The van der Waals surface area contributed by atoms with Crippen LogP contribution in [-0.2, 0) is 12.8 Å². The van der Waals surface area contributed by atoms with E-state index in [-0.39, 0.29) is 0 Å². The number of hydrogen-bond acceptors (Lipinski definition) is 4. The number of rotatable bonds is 1. The summed E-state index contributed by atoms with van der Waals surface area (Å²) in [5.41, 5.74) is 3.79. The summed E-state index contributed by atoms with van der Waals surface area (Å²) in [6.07, 6.45) is 4.23. The predicted octanol–water partition coefficient (Wildman–Crippen LogP) is 3.22. The van der Waals surface area contributed by atoms with Crippen molar-refractivity contribution in [2.45, 2.75) is 17.9 Å². The van der Waals surface area contributed by atoms with Gasteiger partial charge < -0.3 is 4.52 Å². The third-order valence-corrected chi connectivity index (χ3v) is 4.20. The average Bonchev–Trinajstić information content (AvgIpc) is 2.82. The number of thiophene rings is 1. The zero-order valence-electron chi connectivity index (χ0n) is 7.74. The fourth-order valence-electron chi connectivity index (χ4n) is 1.85. The Morgan fingerprint density at radius 3 is 3.29 bits per heavy atom. The van der Waals surface area contributed by atoms with Crippen LogP contribution in [0.1, 0.15) is 11.1 Å². The van der Waals surface area contributed by atoms with Crippen LogP contribution in [0, 0.1) is 0 Å². The fourth-order valence-corrected chi connectivity index (χ4v) is 3.37. The number of fused-ring (bicyclic) bond motifs is 3. The number of aromatic nitrogens is 1. The lowest BCUT2D eigenvalue weighted by atomic mass is 9.98. The Morgan fingerprint density at radius 2 is 2.43 bits per heavy atom. The van der Waals surface area contributed by atoms with Crippen molar-refractivity contribution in [3.05, 3.63) is 22.6 Å². The minimum Gasteiger partial charge on any atom is -0.349 e. The second kappa shape index (κ2) is 3.14. The predicted molar refractivity (Wildman–Crippen MR) is 59.0 cm³/mol. The molecule has 72 valence electrons. The molecular weight excluding hydrogens is 214 g/mol. The van der Waals surface area contributed by atoms with E-state index < -0.39 is 0 Å². The van der Waals surface area contributed by atoms with Crippen LogP contribution in [-0.4, -0.2) is 11.4 Å². The molecule has 0 unspecified atom stereocenters. The Kier molecular flexibility index (Phi) is 1.92. The van der Waals surface area contributed by atoms with Crippen molar-refractivity contribution in [1.82, 2.24) is 5.16 Å². The summed E-state index contributed by atoms with van der Waals surface area (Å²) in [6, 6.07) is 2.19. The molecule has 3 rings (SSSR count). The van der Waals surface area contributed by atoms with Crippen molar-refractivity contribution < 1.29 is 4.52 Å². The summed E-state index contributed by atoms with van der Waals surface area (Å²) in [5, 5.41) is 7.27. The normalized spacial score (nSPS) is 13.8. The van der Waals surface area contributed by atoms with Gasteiger partial charge in [-0.3, -0.25) is 0 Å². The number of hydrogen-bond donors (Lipinski definition) is 0. The first-order chi connectivity index (χ1) is 6.90. The molecular formula is C10H9NOS2. The van der Waals surface area contributed by atoms with Crippen molar-refractivity contribution in [3.8, 4) is 10.6 Å². The summed E-state index contributed by atoms with van der Waals surface area (Å²) in [4.78, 5) is 1.30. The third kappa shape index (κ3) is 1.07. The van der Waals surface area contributed by atoms with Gasteiger partial charge in [-0.25, -0.2) is 0 Å². The highest BCUT2D eigenvalue weighted by atomic mass is 32.2. The Morgan fingerprint density at radius 1 is 1.50 bits per heavy atom. The van der Waals surface area contributed by atoms with Crippen LogP contribution in [0.15, 0.2) is 21.1 Å². The molecule has 2 nitrogen and oxygen atoms in total. The summed E-state index contributed by atoms with van der Waals surface area (Å²) >= 11 is 3.40. The van der Waals surface area contributed by atoms with Gasteiger partial charge in [0.25, 0.3) is 0 Å². The first kappa shape index (κ1) is 8.56. The van der Waals surface area contributed by atoms with Gasteiger partial charge in [0.15, 0.2) is 5.09 Å². The quantitative estimate of drug-likeness (QED) is 0.694. The molecule has 0 aliphatic heterocycles. The number of thioether (sulfide) groups is 1. The molecule has 0 fully saturated rings. The van der Waals surface area contributed by atoms with Gasteiger partial charge in [-0.1, -0.05) is 16.9 Å². The van der Waals surface area contributed by atoms with E-state index in [0.29, 0.717) is 0 Å². The van der Waals surface area contributed by atoms with Crippen molar-refractivity contribution in [1.29, 1.82) is 0 Å². The minimum atomic E-state index is 0.985. The molecule has 0 bridgehead atoms. The van der Waals surface area contributed by atoms with Crippen LogP contribution in [0.25, 0.3) is 10.6 Å². The van der Waals surface area contributed by atoms with E-state index in [2.05, 4.69) is 16.6 Å². The Labute approximate surface area is 90.3 Å². The van der Waals surface area contributed by atoms with Gasteiger partial charge in [0.05, 0.1) is 4.88 Å².